The van der Waals surface area contributed by atoms with Crippen LogP contribution in [0, 0.1) is 11.8 Å². The molecule has 2 amide bonds. The zero-order valence-corrected chi connectivity index (χ0v) is 21.5. The first kappa shape index (κ1) is 25.6. The van der Waals surface area contributed by atoms with Crippen LogP contribution in [-0.2, 0) is 33.9 Å². The van der Waals surface area contributed by atoms with E-state index >= 15 is 0 Å². The first-order valence-electron chi connectivity index (χ1n) is 13.5. The maximum Gasteiger partial charge on any atom is 0.229 e. The Labute approximate surface area is 218 Å². The Morgan fingerprint density at radius 1 is 0.946 bits per heavy atom. The summed E-state index contributed by atoms with van der Waals surface area (Å²) in [6.07, 6.45) is 4.25. The van der Waals surface area contributed by atoms with E-state index in [0.717, 1.165) is 56.0 Å². The molecule has 0 aromatic heterocycles. The van der Waals surface area contributed by atoms with Crippen molar-refractivity contribution in [1.82, 2.24) is 10.2 Å². The summed E-state index contributed by atoms with van der Waals surface area (Å²) in [6, 6.07) is 14.2. The van der Waals surface area contributed by atoms with Gasteiger partial charge in [0.25, 0.3) is 0 Å². The molecule has 2 atom stereocenters. The normalized spacial score (nSPS) is 22.4. The molecule has 0 bridgehead atoms. The summed E-state index contributed by atoms with van der Waals surface area (Å²) >= 11 is 0. The number of Topliss-reactive ketones (excluding diaryl/α,β-unsaturated/α-hetero) is 1. The summed E-state index contributed by atoms with van der Waals surface area (Å²) < 4.78 is 12.0. The van der Waals surface area contributed by atoms with E-state index in [0.29, 0.717) is 44.0 Å². The van der Waals surface area contributed by atoms with Crippen LogP contribution in [0.25, 0.3) is 0 Å². The minimum absolute atomic E-state index is 0.0779. The van der Waals surface area contributed by atoms with Gasteiger partial charge in [-0.3, -0.25) is 24.6 Å². The Hall–Kier alpha value is -3.03. The Morgan fingerprint density at radius 2 is 1.70 bits per heavy atom. The van der Waals surface area contributed by atoms with Crippen molar-refractivity contribution in [3.8, 4) is 5.75 Å². The van der Waals surface area contributed by atoms with Crippen molar-refractivity contribution in [3.63, 3.8) is 0 Å². The number of hydrogen-bond donors (Lipinski definition) is 1. The topological polar surface area (TPSA) is 84.9 Å². The van der Waals surface area contributed by atoms with Gasteiger partial charge < -0.3 is 9.47 Å². The number of nitrogens with zero attached hydrogens (tertiary/aromatic N) is 1. The number of carbonyl (C=O) groups excluding carboxylic acids is 3. The number of nitrogens with one attached hydrogen (secondary N) is 1. The summed E-state index contributed by atoms with van der Waals surface area (Å²) in [7, 11) is 0. The molecule has 0 radical (unpaired) electrons. The third kappa shape index (κ3) is 6.11. The molecule has 2 aromatic rings. The van der Waals surface area contributed by atoms with Gasteiger partial charge in [-0.05, 0) is 49.3 Å². The molecular formula is C30H36N2O5. The lowest BCUT2D eigenvalue weighted by Crippen LogP contribution is -2.51. The summed E-state index contributed by atoms with van der Waals surface area (Å²) in [5.41, 5.74) is 4.03. The number of imide groups is 1. The molecule has 2 aliphatic heterocycles. The van der Waals surface area contributed by atoms with Gasteiger partial charge in [-0.25, -0.2) is 0 Å². The molecule has 2 unspecified atom stereocenters. The van der Waals surface area contributed by atoms with Crippen molar-refractivity contribution in [3.05, 3.63) is 64.7 Å². The Morgan fingerprint density at radius 3 is 2.46 bits per heavy atom. The van der Waals surface area contributed by atoms with Gasteiger partial charge in [-0.1, -0.05) is 43.3 Å². The highest BCUT2D eigenvalue weighted by Crippen LogP contribution is 2.36. The fourth-order valence-electron chi connectivity index (χ4n) is 5.59. The van der Waals surface area contributed by atoms with Gasteiger partial charge >= 0.3 is 0 Å². The van der Waals surface area contributed by atoms with Crippen molar-refractivity contribution in [2.45, 2.75) is 64.7 Å². The molecule has 7 heteroatoms. The van der Waals surface area contributed by atoms with E-state index in [4.69, 9.17) is 9.47 Å². The van der Waals surface area contributed by atoms with Crippen molar-refractivity contribution in [2.75, 3.05) is 19.7 Å². The van der Waals surface area contributed by atoms with Crippen LogP contribution < -0.4 is 10.1 Å². The molecule has 1 N–H and O–H groups in total. The summed E-state index contributed by atoms with van der Waals surface area (Å²) in [6.45, 7) is 6.35. The predicted octanol–water partition coefficient (Wildman–Crippen LogP) is 4.06. The molecule has 2 fully saturated rings. The number of benzene rings is 2. The second-order valence-corrected chi connectivity index (χ2v) is 10.6. The average Bonchev–Trinajstić information content (AvgIpc) is 2.88. The second kappa shape index (κ2) is 11.6. The molecule has 37 heavy (non-hydrogen) atoms. The molecule has 5 rings (SSSR count). The first-order valence-corrected chi connectivity index (χ1v) is 13.5. The molecule has 3 aliphatic rings. The Kier molecular flexibility index (Phi) is 8.01. The molecule has 0 saturated carbocycles. The number of amides is 2. The third-order valence-electron chi connectivity index (χ3n) is 7.74. The molecule has 0 spiro atoms. The molecule has 2 heterocycles. The Bertz CT molecular complexity index is 1140. The minimum Gasteiger partial charge on any atom is -0.489 e. The van der Waals surface area contributed by atoms with Gasteiger partial charge in [-0.15, -0.1) is 0 Å². The number of rotatable bonds is 10. The van der Waals surface area contributed by atoms with Crippen LogP contribution in [0.5, 0.6) is 5.75 Å². The molecule has 2 aromatic carbocycles. The Balaban J connectivity index is 1.14. The lowest BCUT2D eigenvalue weighted by atomic mass is 9.76. The van der Waals surface area contributed by atoms with Crippen LogP contribution in [0.3, 0.4) is 0 Å². The smallest absolute Gasteiger partial charge is 0.229 e. The number of fused-ring (bicyclic) bond motifs is 1. The van der Waals surface area contributed by atoms with E-state index in [1.165, 1.54) is 5.56 Å². The number of ether oxygens (including phenoxy) is 2. The van der Waals surface area contributed by atoms with Crippen LogP contribution in [0.1, 0.15) is 66.1 Å². The van der Waals surface area contributed by atoms with E-state index < -0.39 is 0 Å². The lowest BCUT2D eigenvalue weighted by molar-refractivity contribution is -0.136. The van der Waals surface area contributed by atoms with Crippen molar-refractivity contribution in [1.29, 1.82) is 0 Å². The average molecular weight is 505 g/mol. The number of carbonyl (C=O) groups is 3. The molecule has 1 aliphatic carbocycles. The van der Waals surface area contributed by atoms with E-state index in [1.54, 1.807) is 0 Å². The van der Waals surface area contributed by atoms with Gasteiger partial charge in [0.15, 0.2) is 5.78 Å². The summed E-state index contributed by atoms with van der Waals surface area (Å²) in [4.78, 5) is 39.3. The third-order valence-corrected chi connectivity index (χ3v) is 7.74. The highest BCUT2D eigenvalue weighted by atomic mass is 16.5. The number of piperidine rings is 1. The zero-order valence-electron chi connectivity index (χ0n) is 21.5. The maximum absolute atomic E-state index is 13.2. The zero-order chi connectivity index (χ0) is 25.8. The maximum atomic E-state index is 13.2. The summed E-state index contributed by atoms with van der Waals surface area (Å²) in [5, 5.41) is 2.40. The van der Waals surface area contributed by atoms with Crippen molar-refractivity contribution >= 4 is 17.6 Å². The molecule has 2 saturated heterocycles. The van der Waals surface area contributed by atoms with Crippen LogP contribution >= 0.6 is 0 Å². The van der Waals surface area contributed by atoms with Gasteiger partial charge in [-0.2, -0.15) is 0 Å². The van der Waals surface area contributed by atoms with Gasteiger partial charge in [0, 0.05) is 55.6 Å². The fourth-order valence-corrected chi connectivity index (χ4v) is 5.59. The number of hydrogen-bond acceptors (Lipinski definition) is 6. The summed E-state index contributed by atoms with van der Waals surface area (Å²) in [5.74, 6) is -0.0954. The van der Waals surface area contributed by atoms with Crippen LogP contribution in [-0.4, -0.2) is 48.3 Å². The van der Waals surface area contributed by atoms with Crippen LogP contribution in [0.4, 0.5) is 0 Å². The van der Waals surface area contributed by atoms with Crippen LogP contribution in [0.15, 0.2) is 42.5 Å². The monoisotopic (exact) mass is 504 g/mol. The van der Waals surface area contributed by atoms with E-state index in [1.807, 2.05) is 18.2 Å². The standard InChI is InChI=1S/C30H36N2O5/c1-2-14-36-24-17-32(18-24)16-20-6-8-21(9-7-20)19-37-27-5-3-4-26-25(27)12-10-22(29(26)34)15-23-11-13-28(33)31-30(23)35/h3-9,22-24H,2,10-19H2,1H3,(H,31,33,35). The highest BCUT2D eigenvalue weighted by molar-refractivity contribution is 6.02. The fraction of sp³-hybridized carbons (Fsp3) is 0.500. The lowest BCUT2D eigenvalue weighted by Gasteiger charge is -2.39. The molecular weight excluding hydrogens is 468 g/mol. The van der Waals surface area contributed by atoms with Gasteiger partial charge in [0.05, 0.1) is 6.10 Å². The predicted molar refractivity (Wildman–Crippen MR) is 139 cm³/mol. The van der Waals surface area contributed by atoms with Crippen molar-refractivity contribution < 1.29 is 23.9 Å². The van der Waals surface area contributed by atoms with Crippen LogP contribution in [0.2, 0.25) is 0 Å². The van der Waals surface area contributed by atoms with Crippen molar-refractivity contribution in [2.24, 2.45) is 11.8 Å². The SMILES string of the molecule is CCCOC1CN(Cc2ccc(COc3cccc4c3CCC(CC3CCC(=O)NC3=O)C4=O)cc2)C1. The second-order valence-electron chi connectivity index (χ2n) is 10.6. The van der Waals surface area contributed by atoms with E-state index in [9.17, 15) is 14.4 Å². The number of ketones is 1. The first-order chi connectivity index (χ1) is 18.0. The van der Waals surface area contributed by atoms with E-state index in [-0.39, 0.29) is 29.4 Å². The molecule has 196 valence electrons. The van der Waals surface area contributed by atoms with Gasteiger partial charge in [0.2, 0.25) is 11.8 Å². The van der Waals surface area contributed by atoms with E-state index in [2.05, 4.69) is 41.4 Å². The highest BCUT2D eigenvalue weighted by Gasteiger charge is 2.35. The molecule has 7 nitrogen and oxygen atoms in total. The largest absolute Gasteiger partial charge is 0.489 e. The number of likely N-dealkylation sites (tertiary alicyclic amines) is 1. The quantitative estimate of drug-likeness (QED) is 0.491. The van der Waals surface area contributed by atoms with Gasteiger partial charge in [0.1, 0.15) is 12.4 Å². The minimum atomic E-state index is -0.271.